The number of benzene rings is 2. The molecule has 2 aromatic carbocycles. The highest BCUT2D eigenvalue weighted by Gasteiger charge is 2.16. The number of aryl methyl sites for hydroxylation is 2. The van der Waals surface area contributed by atoms with Crippen LogP contribution in [0.15, 0.2) is 76.8 Å². The lowest BCUT2D eigenvalue weighted by Crippen LogP contribution is -2.36. The van der Waals surface area contributed by atoms with Crippen molar-refractivity contribution < 1.29 is 4.39 Å². The lowest BCUT2D eigenvalue weighted by molar-refractivity contribution is 0.502. The molecule has 0 bridgehead atoms. The van der Waals surface area contributed by atoms with Gasteiger partial charge in [-0.05, 0) is 91.3 Å². The Morgan fingerprint density at radius 2 is 1.88 bits per heavy atom. The van der Waals surface area contributed by atoms with Crippen LogP contribution in [-0.4, -0.2) is 44.6 Å². The number of aliphatic imine (C=N–C) groups is 1. The van der Waals surface area contributed by atoms with Crippen LogP contribution in [0.1, 0.15) is 49.8 Å². The van der Waals surface area contributed by atoms with Crippen LogP contribution in [0.3, 0.4) is 0 Å². The molecule has 0 fully saturated rings. The van der Waals surface area contributed by atoms with E-state index in [1.165, 1.54) is 4.57 Å². The van der Waals surface area contributed by atoms with Crippen molar-refractivity contribution in [3.63, 3.8) is 0 Å². The number of aromatic amines is 1. The first kappa shape index (κ1) is 34.6. The van der Waals surface area contributed by atoms with Crippen molar-refractivity contribution >= 4 is 34.4 Å². The Hall–Kier alpha value is -4.74. The Balaban J connectivity index is 1.29. The standard InChI is InChI=1S/C36H43ClFN9O/c1-22(2)5-4-6-25-16-29(33(38)30(37)17-25)31-18-26-21-47(36(48)46-34(26)45-31)28-9-7-24(8-10-28)19-43-27(12-14-42-35(39)40)20-44-32-15-23(3)11-13-41-32/h7-11,13,15-18,21-22,27,43H,4-6,12,14,19-20H2,1-3H3,(H,41,44)(H4,39,40,42)(H,45,46,48)/t27-/m1/s1. The average molecular weight is 672 g/mol. The SMILES string of the molecule is Cc1ccnc(NC[C@@H](CCN=C(N)N)NCc2ccc(-n3cc4cc(-c5cc(CCCC(C)C)cc(Cl)c5F)[nH]c4nc3=O)cc2)c1. The summed E-state index contributed by atoms with van der Waals surface area (Å²) in [6, 6.07) is 17.0. The quantitative estimate of drug-likeness (QED) is 0.0667. The van der Waals surface area contributed by atoms with Crippen LogP contribution in [0, 0.1) is 18.7 Å². The molecule has 1 atom stereocenters. The summed E-state index contributed by atoms with van der Waals surface area (Å²) in [5.41, 5.74) is 15.7. The number of fused-ring (bicyclic) bond motifs is 1. The normalized spacial score (nSPS) is 12.0. The van der Waals surface area contributed by atoms with Crippen molar-refractivity contribution in [2.45, 2.75) is 59.0 Å². The number of nitrogens with zero attached hydrogens (tertiary/aromatic N) is 4. The third-order valence-corrected chi connectivity index (χ3v) is 8.43. The summed E-state index contributed by atoms with van der Waals surface area (Å²) in [4.78, 5) is 29.0. The van der Waals surface area contributed by atoms with Gasteiger partial charge in [-0.1, -0.05) is 44.0 Å². The number of rotatable bonds is 15. The zero-order valence-corrected chi connectivity index (χ0v) is 28.3. The van der Waals surface area contributed by atoms with Gasteiger partial charge in [-0.15, -0.1) is 0 Å². The number of pyridine rings is 1. The van der Waals surface area contributed by atoms with Crippen LogP contribution >= 0.6 is 11.6 Å². The maximum absolute atomic E-state index is 15.2. The van der Waals surface area contributed by atoms with Gasteiger partial charge in [0.25, 0.3) is 0 Å². The Labute approximate surface area is 284 Å². The van der Waals surface area contributed by atoms with Gasteiger partial charge in [0.15, 0.2) is 11.8 Å². The molecule has 10 nitrogen and oxygen atoms in total. The molecule has 5 aromatic rings. The monoisotopic (exact) mass is 671 g/mol. The third-order valence-electron chi connectivity index (χ3n) is 8.16. The Bertz CT molecular complexity index is 1930. The van der Waals surface area contributed by atoms with E-state index in [0.29, 0.717) is 60.0 Å². The molecule has 0 radical (unpaired) electrons. The molecule has 0 amide bonds. The minimum Gasteiger partial charge on any atom is -0.370 e. The topological polar surface area (TPSA) is 152 Å². The molecule has 3 heterocycles. The molecule has 0 saturated heterocycles. The maximum Gasteiger partial charge on any atom is 0.354 e. The number of aromatic nitrogens is 4. The lowest BCUT2D eigenvalue weighted by atomic mass is 10.00. The number of anilines is 1. The van der Waals surface area contributed by atoms with E-state index in [1.807, 2.05) is 49.4 Å². The third kappa shape index (κ3) is 9.20. The molecule has 3 aromatic heterocycles. The minimum atomic E-state index is -0.503. The van der Waals surface area contributed by atoms with E-state index in [-0.39, 0.29) is 17.0 Å². The van der Waals surface area contributed by atoms with E-state index >= 15 is 4.39 Å². The van der Waals surface area contributed by atoms with Gasteiger partial charge in [-0.25, -0.2) is 14.2 Å². The number of guanidine groups is 1. The van der Waals surface area contributed by atoms with Gasteiger partial charge in [-0.2, -0.15) is 4.98 Å². The summed E-state index contributed by atoms with van der Waals surface area (Å²) in [5.74, 6) is 0.959. The smallest absolute Gasteiger partial charge is 0.354 e. The van der Waals surface area contributed by atoms with Gasteiger partial charge in [0.05, 0.1) is 16.4 Å². The van der Waals surface area contributed by atoms with Gasteiger partial charge < -0.3 is 27.1 Å². The molecule has 48 heavy (non-hydrogen) atoms. The molecule has 0 unspecified atom stereocenters. The zero-order chi connectivity index (χ0) is 34.2. The summed E-state index contributed by atoms with van der Waals surface area (Å²) >= 11 is 6.29. The lowest BCUT2D eigenvalue weighted by Gasteiger charge is -2.19. The fraction of sp³-hybridized carbons (Fsp3) is 0.333. The highest BCUT2D eigenvalue weighted by molar-refractivity contribution is 6.31. The Morgan fingerprint density at radius 3 is 2.60 bits per heavy atom. The van der Waals surface area contributed by atoms with Crippen molar-refractivity contribution in [1.82, 2.24) is 24.8 Å². The fourth-order valence-corrected chi connectivity index (χ4v) is 5.79. The highest BCUT2D eigenvalue weighted by Crippen LogP contribution is 2.31. The molecule has 0 saturated carbocycles. The molecule has 0 spiro atoms. The van der Waals surface area contributed by atoms with E-state index in [4.69, 9.17) is 23.1 Å². The minimum absolute atomic E-state index is 0.0625. The van der Waals surface area contributed by atoms with Crippen molar-refractivity contribution in [3.8, 4) is 16.9 Å². The first-order chi connectivity index (χ1) is 23.0. The van der Waals surface area contributed by atoms with Crippen molar-refractivity contribution in [1.29, 1.82) is 0 Å². The Kier molecular flexibility index (Phi) is 11.5. The summed E-state index contributed by atoms with van der Waals surface area (Å²) in [5, 5.41) is 7.71. The predicted octanol–water partition coefficient (Wildman–Crippen LogP) is 6.09. The second-order valence-corrected chi connectivity index (χ2v) is 13.0. The van der Waals surface area contributed by atoms with Crippen molar-refractivity contribution in [2.75, 3.05) is 18.4 Å². The number of halogens is 2. The molecule has 0 aliphatic heterocycles. The summed E-state index contributed by atoms with van der Waals surface area (Å²) in [6.45, 7) is 8.10. The fourth-order valence-electron chi connectivity index (χ4n) is 5.55. The number of hydrogen-bond acceptors (Lipinski definition) is 6. The van der Waals surface area contributed by atoms with E-state index < -0.39 is 11.5 Å². The molecule has 0 aliphatic rings. The van der Waals surface area contributed by atoms with E-state index in [9.17, 15) is 4.79 Å². The van der Waals surface area contributed by atoms with Gasteiger partial charge >= 0.3 is 5.69 Å². The first-order valence-electron chi connectivity index (χ1n) is 16.2. The van der Waals surface area contributed by atoms with Crippen LogP contribution in [0.5, 0.6) is 0 Å². The number of hydrogen-bond donors (Lipinski definition) is 5. The Morgan fingerprint density at radius 1 is 1.08 bits per heavy atom. The number of nitrogens with one attached hydrogen (secondary N) is 3. The molecule has 252 valence electrons. The number of H-pyrrole nitrogens is 1. The van der Waals surface area contributed by atoms with Gasteiger partial charge in [0.2, 0.25) is 0 Å². The van der Waals surface area contributed by atoms with E-state index in [2.05, 4.69) is 44.4 Å². The highest BCUT2D eigenvalue weighted by atomic mass is 35.5. The molecular weight excluding hydrogens is 629 g/mol. The average Bonchev–Trinajstić information content (AvgIpc) is 3.46. The van der Waals surface area contributed by atoms with E-state index in [1.54, 1.807) is 24.5 Å². The maximum atomic E-state index is 15.2. The van der Waals surface area contributed by atoms with Crippen LogP contribution in [0.4, 0.5) is 10.2 Å². The largest absolute Gasteiger partial charge is 0.370 e. The van der Waals surface area contributed by atoms with Crippen LogP contribution in [-0.2, 0) is 13.0 Å². The van der Waals surface area contributed by atoms with E-state index in [0.717, 1.165) is 41.8 Å². The summed E-state index contributed by atoms with van der Waals surface area (Å²) in [7, 11) is 0. The second kappa shape index (κ2) is 15.9. The van der Waals surface area contributed by atoms with Gasteiger partial charge in [0, 0.05) is 49.0 Å². The number of nitrogens with two attached hydrogens (primary N) is 2. The van der Waals surface area contributed by atoms with Crippen LogP contribution < -0.4 is 27.8 Å². The predicted molar refractivity (Wildman–Crippen MR) is 193 cm³/mol. The summed E-state index contributed by atoms with van der Waals surface area (Å²) in [6.07, 6.45) is 7.08. The molecule has 7 N–H and O–H groups in total. The molecule has 0 aliphatic carbocycles. The first-order valence-corrected chi connectivity index (χ1v) is 16.6. The van der Waals surface area contributed by atoms with Crippen molar-refractivity contribution in [2.24, 2.45) is 22.4 Å². The zero-order valence-electron chi connectivity index (χ0n) is 27.6. The van der Waals surface area contributed by atoms with Crippen LogP contribution in [0.2, 0.25) is 5.02 Å². The molecular formula is C36H43ClFN9O. The van der Waals surface area contributed by atoms with Crippen LogP contribution in [0.25, 0.3) is 28.0 Å². The molecule has 12 heteroatoms. The molecule has 5 rings (SSSR count). The summed E-state index contributed by atoms with van der Waals surface area (Å²) < 4.78 is 16.7. The van der Waals surface area contributed by atoms with Crippen molar-refractivity contribution in [3.05, 3.63) is 105 Å². The second-order valence-electron chi connectivity index (χ2n) is 12.5. The van der Waals surface area contributed by atoms with Gasteiger partial charge in [0.1, 0.15) is 11.5 Å². The van der Waals surface area contributed by atoms with Gasteiger partial charge in [-0.3, -0.25) is 9.56 Å².